The zero-order chi connectivity index (χ0) is 8.97. The van der Waals surface area contributed by atoms with E-state index in [4.69, 9.17) is 5.73 Å². The van der Waals surface area contributed by atoms with Gasteiger partial charge in [-0.1, -0.05) is 0 Å². The summed E-state index contributed by atoms with van der Waals surface area (Å²) in [6.45, 7) is 1.30. The average Bonchev–Trinajstić information content (AvgIpc) is 2.07. The molecule has 66 valence electrons. The van der Waals surface area contributed by atoms with E-state index in [0.29, 0.717) is 13.1 Å². The standard InChI is InChI=1S/C8H11BrN2O/c9-7-2-3-8(12)11(6-7)5-1-4-10/h2-3,6H,1,4-5,10H2. The topological polar surface area (TPSA) is 48.0 Å². The van der Waals surface area contributed by atoms with Crippen LogP contribution in [-0.2, 0) is 6.54 Å². The molecule has 1 rings (SSSR count). The van der Waals surface area contributed by atoms with Crippen LogP contribution in [0, 0.1) is 0 Å². The fourth-order valence-corrected chi connectivity index (χ4v) is 1.32. The third-order valence-electron chi connectivity index (χ3n) is 1.55. The summed E-state index contributed by atoms with van der Waals surface area (Å²) in [5.41, 5.74) is 5.36. The number of pyridine rings is 1. The first-order chi connectivity index (χ1) is 5.74. The van der Waals surface area contributed by atoms with Gasteiger partial charge in [-0.05, 0) is 35.0 Å². The first-order valence-electron chi connectivity index (χ1n) is 3.80. The molecule has 12 heavy (non-hydrogen) atoms. The lowest BCUT2D eigenvalue weighted by Crippen LogP contribution is -2.19. The number of halogens is 1. The van der Waals surface area contributed by atoms with Crippen molar-refractivity contribution < 1.29 is 0 Å². The Morgan fingerprint density at radius 1 is 1.50 bits per heavy atom. The van der Waals surface area contributed by atoms with Gasteiger partial charge in [-0.3, -0.25) is 4.79 Å². The molecule has 0 aliphatic rings. The molecule has 0 saturated carbocycles. The van der Waals surface area contributed by atoms with Crippen LogP contribution in [0.4, 0.5) is 0 Å². The predicted molar refractivity (Wildman–Crippen MR) is 52.1 cm³/mol. The summed E-state index contributed by atoms with van der Waals surface area (Å²) in [5.74, 6) is 0. The van der Waals surface area contributed by atoms with E-state index in [1.807, 2.05) is 0 Å². The Hall–Kier alpha value is -0.610. The van der Waals surface area contributed by atoms with Crippen molar-refractivity contribution in [3.8, 4) is 0 Å². The van der Waals surface area contributed by atoms with Gasteiger partial charge in [0.05, 0.1) is 0 Å². The first kappa shape index (κ1) is 9.48. The van der Waals surface area contributed by atoms with Crippen LogP contribution in [-0.4, -0.2) is 11.1 Å². The number of aryl methyl sites for hydroxylation is 1. The van der Waals surface area contributed by atoms with E-state index in [2.05, 4.69) is 15.9 Å². The van der Waals surface area contributed by atoms with E-state index in [-0.39, 0.29) is 5.56 Å². The fourth-order valence-electron chi connectivity index (χ4n) is 0.939. The Kier molecular flexibility index (Phi) is 3.49. The molecule has 0 bridgehead atoms. The molecule has 2 N–H and O–H groups in total. The highest BCUT2D eigenvalue weighted by atomic mass is 79.9. The average molecular weight is 231 g/mol. The molecule has 0 radical (unpaired) electrons. The fraction of sp³-hybridized carbons (Fsp3) is 0.375. The molecule has 1 heterocycles. The molecule has 0 aliphatic heterocycles. The maximum atomic E-state index is 11.2. The molecule has 0 fully saturated rings. The summed E-state index contributed by atoms with van der Waals surface area (Å²) in [6, 6.07) is 3.28. The Bertz CT molecular complexity index is 308. The van der Waals surface area contributed by atoms with Crippen LogP contribution >= 0.6 is 15.9 Å². The zero-order valence-corrected chi connectivity index (χ0v) is 8.25. The van der Waals surface area contributed by atoms with Crippen molar-refractivity contribution in [2.45, 2.75) is 13.0 Å². The molecule has 0 aromatic carbocycles. The molecule has 1 aromatic rings. The predicted octanol–water partition coefficient (Wildman–Crippen LogP) is 0.960. The van der Waals surface area contributed by atoms with Crippen molar-refractivity contribution in [1.29, 1.82) is 0 Å². The van der Waals surface area contributed by atoms with Crippen LogP contribution in [0.3, 0.4) is 0 Å². The number of hydrogen-bond donors (Lipinski definition) is 1. The van der Waals surface area contributed by atoms with E-state index in [9.17, 15) is 4.79 Å². The van der Waals surface area contributed by atoms with Crippen LogP contribution in [0.25, 0.3) is 0 Å². The van der Waals surface area contributed by atoms with Crippen molar-refractivity contribution in [2.75, 3.05) is 6.54 Å². The van der Waals surface area contributed by atoms with E-state index >= 15 is 0 Å². The van der Waals surface area contributed by atoms with Crippen molar-refractivity contribution in [1.82, 2.24) is 4.57 Å². The lowest BCUT2D eigenvalue weighted by molar-refractivity contribution is 0.628. The molecule has 1 aromatic heterocycles. The van der Waals surface area contributed by atoms with Crippen LogP contribution in [0.5, 0.6) is 0 Å². The maximum Gasteiger partial charge on any atom is 0.250 e. The number of nitrogens with zero attached hydrogens (tertiary/aromatic N) is 1. The van der Waals surface area contributed by atoms with E-state index < -0.39 is 0 Å². The largest absolute Gasteiger partial charge is 0.330 e. The Labute approximate surface area is 79.3 Å². The number of rotatable bonds is 3. The second-order valence-corrected chi connectivity index (χ2v) is 3.44. The summed E-state index contributed by atoms with van der Waals surface area (Å²) >= 11 is 3.30. The van der Waals surface area contributed by atoms with Gasteiger partial charge in [0.2, 0.25) is 0 Å². The Morgan fingerprint density at radius 3 is 2.92 bits per heavy atom. The third-order valence-corrected chi connectivity index (χ3v) is 2.02. The van der Waals surface area contributed by atoms with Crippen molar-refractivity contribution in [3.05, 3.63) is 33.2 Å². The first-order valence-corrected chi connectivity index (χ1v) is 4.59. The van der Waals surface area contributed by atoms with E-state index in [0.717, 1.165) is 10.9 Å². The highest BCUT2D eigenvalue weighted by molar-refractivity contribution is 9.10. The minimum absolute atomic E-state index is 0.0200. The second-order valence-electron chi connectivity index (χ2n) is 2.52. The smallest absolute Gasteiger partial charge is 0.250 e. The summed E-state index contributed by atoms with van der Waals surface area (Å²) in [6.07, 6.45) is 2.61. The van der Waals surface area contributed by atoms with Gasteiger partial charge in [0.25, 0.3) is 5.56 Å². The molecule has 0 atom stereocenters. The van der Waals surface area contributed by atoms with Crippen molar-refractivity contribution in [2.24, 2.45) is 5.73 Å². The Morgan fingerprint density at radius 2 is 2.25 bits per heavy atom. The summed E-state index contributed by atoms with van der Waals surface area (Å²) in [7, 11) is 0. The number of hydrogen-bond acceptors (Lipinski definition) is 2. The van der Waals surface area contributed by atoms with Gasteiger partial charge >= 0.3 is 0 Å². The molecule has 3 nitrogen and oxygen atoms in total. The van der Waals surface area contributed by atoms with Gasteiger partial charge in [-0.25, -0.2) is 0 Å². The van der Waals surface area contributed by atoms with Crippen molar-refractivity contribution in [3.63, 3.8) is 0 Å². The number of nitrogens with two attached hydrogens (primary N) is 1. The monoisotopic (exact) mass is 230 g/mol. The van der Waals surface area contributed by atoms with Gasteiger partial charge in [0.15, 0.2) is 0 Å². The molecule has 0 unspecified atom stereocenters. The van der Waals surface area contributed by atoms with Crippen molar-refractivity contribution >= 4 is 15.9 Å². The SMILES string of the molecule is NCCCn1cc(Br)ccc1=O. The quantitative estimate of drug-likeness (QED) is 0.842. The third kappa shape index (κ3) is 2.46. The van der Waals surface area contributed by atoms with E-state index in [1.165, 1.54) is 0 Å². The van der Waals surface area contributed by atoms with Gasteiger partial charge in [0, 0.05) is 23.3 Å². The molecule has 0 saturated heterocycles. The highest BCUT2D eigenvalue weighted by Crippen LogP contribution is 2.04. The highest BCUT2D eigenvalue weighted by Gasteiger charge is 1.94. The van der Waals surface area contributed by atoms with Gasteiger partial charge in [0.1, 0.15) is 0 Å². The molecule has 0 aliphatic carbocycles. The maximum absolute atomic E-state index is 11.2. The van der Waals surface area contributed by atoms with Gasteiger partial charge in [-0.15, -0.1) is 0 Å². The minimum Gasteiger partial charge on any atom is -0.330 e. The summed E-state index contributed by atoms with van der Waals surface area (Å²) in [5, 5.41) is 0. The van der Waals surface area contributed by atoms with Crippen LogP contribution in [0.15, 0.2) is 27.6 Å². The second kappa shape index (κ2) is 4.42. The molecule has 0 amide bonds. The normalized spacial score (nSPS) is 10.2. The summed E-state index contributed by atoms with van der Waals surface area (Å²) < 4.78 is 2.57. The Balaban J connectivity index is 2.83. The molecule has 0 spiro atoms. The van der Waals surface area contributed by atoms with Gasteiger partial charge in [-0.2, -0.15) is 0 Å². The lowest BCUT2D eigenvalue weighted by atomic mass is 10.4. The van der Waals surface area contributed by atoms with Crippen LogP contribution < -0.4 is 11.3 Å². The summed E-state index contributed by atoms with van der Waals surface area (Å²) in [4.78, 5) is 11.2. The zero-order valence-electron chi connectivity index (χ0n) is 6.66. The van der Waals surface area contributed by atoms with Gasteiger partial charge < -0.3 is 10.3 Å². The minimum atomic E-state index is 0.0200. The lowest BCUT2D eigenvalue weighted by Gasteiger charge is -2.03. The van der Waals surface area contributed by atoms with Crippen LogP contribution in [0.1, 0.15) is 6.42 Å². The van der Waals surface area contributed by atoms with Crippen LogP contribution in [0.2, 0.25) is 0 Å². The molecular weight excluding hydrogens is 220 g/mol. The number of aromatic nitrogens is 1. The van der Waals surface area contributed by atoms with E-state index in [1.54, 1.807) is 22.9 Å². The molecule has 4 heteroatoms. The molecular formula is C8H11BrN2O.